The van der Waals surface area contributed by atoms with Crippen molar-refractivity contribution in [3.63, 3.8) is 0 Å². The summed E-state index contributed by atoms with van der Waals surface area (Å²) in [7, 11) is 0. The van der Waals surface area contributed by atoms with Gasteiger partial charge in [-0.1, -0.05) is 0 Å². The summed E-state index contributed by atoms with van der Waals surface area (Å²) in [5.41, 5.74) is -0.444. The molecule has 6 nitrogen and oxygen atoms in total. The second kappa shape index (κ2) is 4.11. The van der Waals surface area contributed by atoms with E-state index in [1.807, 2.05) is 13.8 Å². The van der Waals surface area contributed by atoms with E-state index in [1.165, 1.54) is 0 Å². The standard InChI is InChI=1S/C10H16N4O2/c1-6-4-3-5-7(2)14(6)9(15)8-11-10(16)13-12-8/h6-7H,3-5H2,1-2H3,(H2,11,12,13,16). The predicted octanol–water partition coefficient (Wildman–Crippen LogP) is 0.501. The summed E-state index contributed by atoms with van der Waals surface area (Å²) in [6.07, 6.45) is 3.15. The third-order valence-corrected chi connectivity index (χ3v) is 3.13. The second-order valence-electron chi connectivity index (χ2n) is 4.37. The first-order valence-electron chi connectivity index (χ1n) is 5.57. The summed E-state index contributed by atoms with van der Waals surface area (Å²) in [6, 6.07) is 0.410. The molecule has 0 radical (unpaired) electrons. The van der Waals surface area contributed by atoms with Crippen molar-refractivity contribution < 1.29 is 4.79 Å². The van der Waals surface area contributed by atoms with Gasteiger partial charge in [0.2, 0.25) is 5.82 Å². The van der Waals surface area contributed by atoms with Crippen molar-refractivity contribution in [3.8, 4) is 0 Å². The van der Waals surface area contributed by atoms with E-state index in [1.54, 1.807) is 4.90 Å². The third kappa shape index (κ3) is 1.87. The largest absolute Gasteiger partial charge is 0.341 e. The molecule has 0 spiro atoms. The van der Waals surface area contributed by atoms with Crippen molar-refractivity contribution in [2.24, 2.45) is 0 Å². The van der Waals surface area contributed by atoms with Crippen LogP contribution in [0.2, 0.25) is 0 Å². The van der Waals surface area contributed by atoms with Gasteiger partial charge in [-0.2, -0.15) is 0 Å². The van der Waals surface area contributed by atoms with E-state index in [0.717, 1.165) is 19.3 Å². The molecule has 88 valence electrons. The Kier molecular flexibility index (Phi) is 2.80. The van der Waals surface area contributed by atoms with Crippen LogP contribution in [-0.4, -0.2) is 38.1 Å². The highest BCUT2D eigenvalue weighted by Gasteiger charge is 2.31. The van der Waals surface area contributed by atoms with Crippen LogP contribution in [0.3, 0.4) is 0 Å². The fourth-order valence-electron chi connectivity index (χ4n) is 2.32. The maximum Gasteiger partial charge on any atom is 0.341 e. The first kappa shape index (κ1) is 10.9. The molecule has 0 saturated carbocycles. The number of aromatic nitrogens is 3. The lowest BCUT2D eigenvalue weighted by molar-refractivity contribution is 0.0498. The Hall–Kier alpha value is -1.59. The minimum atomic E-state index is -0.444. The first-order valence-corrected chi connectivity index (χ1v) is 5.57. The predicted molar refractivity (Wildman–Crippen MR) is 58.2 cm³/mol. The molecule has 6 heteroatoms. The summed E-state index contributed by atoms with van der Waals surface area (Å²) in [5.74, 6) is -0.0938. The van der Waals surface area contributed by atoms with E-state index in [9.17, 15) is 9.59 Å². The zero-order valence-corrected chi connectivity index (χ0v) is 9.49. The van der Waals surface area contributed by atoms with Gasteiger partial charge in [-0.3, -0.25) is 9.78 Å². The number of hydrogen-bond acceptors (Lipinski definition) is 3. The van der Waals surface area contributed by atoms with E-state index < -0.39 is 5.69 Å². The molecule has 1 saturated heterocycles. The molecule has 2 heterocycles. The number of aromatic amines is 2. The van der Waals surface area contributed by atoms with Gasteiger partial charge in [0.1, 0.15) is 0 Å². The molecular weight excluding hydrogens is 208 g/mol. The third-order valence-electron chi connectivity index (χ3n) is 3.13. The maximum atomic E-state index is 12.1. The first-order chi connectivity index (χ1) is 7.59. The average molecular weight is 224 g/mol. The molecule has 1 aliphatic heterocycles. The topological polar surface area (TPSA) is 81.8 Å². The number of carbonyl (C=O) groups excluding carboxylic acids is 1. The van der Waals surface area contributed by atoms with Gasteiger partial charge >= 0.3 is 5.69 Å². The molecule has 1 amide bonds. The van der Waals surface area contributed by atoms with E-state index in [2.05, 4.69) is 15.2 Å². The number of carbonyl (C=O) groups is 1. The molecule has 1 aliphatic rings. The van der Waals surface area contributed by atoms with Gasteiger partial charge in [0.05, 0.1) is 0 Å². The van der Waals surface area contributed by atoms with Crippen molar-refractivity contribution in [1.29, 1.82) is 0 Å². The lowest BCUT2D eigenvalue weighted by Gasteiger charge is -2.38. The molecule has 0 bridgehead atoms. The fraction of sp³-hybridized carbons (Fsp3) is 0.700. The summed E-state index contributed by atoms with van der Waals surface area (Å²) < 4.78 is 0. The summed E-state index contributed by atoms with van der Waals surface area (Å²) in [4.78, 5) is 27.2. The number of hydrogen-bond donors (Lipinski definition) is 2. The SMILES string of the molecule is CC1CCCC(C)N1C(=O)c1n[nH]c(=O)[nH]1. The number of amides is 1. The molecule has 0 aromatic carbocycles. The molecule has 1 fully saturated rings. The zero-order chi connectivity index (χ0) is 11.7. The number of likely N-dealkylation sites (tertiary alicyclic amines) is 1. The molecule has 2 rings (SSSR count). The number of H-pyrrole nitrogens is 2. The van der Waals surface area contributed by atoms with Gasteiger partial charge in [-0.25, -0.2) is 9.89 Å². The van der Waals surface area contributed by atoms with Crippen LogP contribution in [0.25, 0.3) is 0 Å². The van der Waals surface area contributed by atoms with Crippen LogP contribution in [0, 0.1) is 0 Å². The highest BCUT2D eigenvalue weighted by Crippen LogP contribution is 2.23. The summed E-state index contributed by atoms with van der Waals surface area (Å²) in [6.45, 7) is 4.05. The lowest BCUT2D eigenvalue weighted by atomic mass is 9.97. The van der Waals surface area contributed by atoms with Crippen LogP contribution in [0.4, 0.5) is 0 Å². The fourth-order valence-corrected chi connectivity index (χ4v) is 2.32. The molecule has 1 aromatic rings. The van der Waals surface area contributed by atoms with E-state index in [-0.39, 0.29) is 23.8 Å². The van der Waals surface area contributed by atoms with Gasteiger partial charge in [-0.05, 0) is 33.1 Å². The number of nitrogens with zero attached hydrogens (tertiary/aromatic N) is 2. The summed E-state index contributed by atoms with van der Waals surface area (Å²) >= 11 is 0. The Balaban J connectivity index is 2.22. The Morgan fingerprint density at radius 3 is 2.50 bits per heavy atom. The Bertz CT molecular complexity index is 426. The van der Waals surface area contributed by atoms with Crippen molar-refractivity contribution >= 4 is 5.91 Å². The van der Waals surface area contributed by atoms with Crippen LogP contribution >= 0.6 is 0 Å². The highest BCUT2D eigenvalue weighted by molar-refractivity contribution is 5.90. The van der Waals surface area contributed by atoms with Crippen molar-refractivity contribution in [3.05, 3.63) is 16.3 Å². The molecule has 0 aliphatic carbocycles. The number of piperidine rings is 1. The van der Waals surface area contributed by atoms with Gasteiger partial charge < -0.3 is 4.90 Å². The Morgan fingerprint density at radius 2 is 2.00 bits per heavy atom. The molecule has 16 heavy (non-hydrogen) atoms. The van der Waals surface area contributed by atoms with Gasteiger partial charge in [0.15, 0.2) is 0 Å². The van der Waals surface area contributed by atoms with Gasteiger partial charge in [0.25, 0.3) is 5.91 Å². The van der Waals surface area contributed by atoms with Gasteiger partial charge in [-0.15, -0.1) is 5.10 Å². The van der Waals surface area contributed by atoms with E-state index in [4.69, 9.17) is 0 Å². The van der Waals surface area contributed by atoms with E-state index in [0.29, 0.717) is 0 Å². The van der Waals surface area contributed by atoms with Crippen LogP contribution < -0.4 is 5.69 Å². The smallest absolute Gasteiger partial charge is 0.331 e. The van der Waals surface area contributed by atoms with Crippen LogP contribution in [0.15, 0.2) is 4.79 Å². The van der Waals surface area contributed by atoms with Crippen molar-refractivity contribution in [1.82, 2.24) is 20.1 Å². The molecular formula is C10H16N4O2. The van der Waals surface area contributed by atoms with Gasteiger partial charge in [0, 0.05) is 12.1 Å². The molecule has 1 aromatic heterocycles. The maximum absolute atomic E-state index is 12.1. The molecule has 2 unspecified atom stereocenters. The minimum Gasteiger partial charge on any atom is -0.331 e. The second-order valence-corrected chi connectivity index (χ2v) is 4.37. The van der Waals surface area contributed by atoms with E-state index >= 15 is 0 Å². The van der Waals surface area contributed by atoms with Crippen LogP contribution in [0.5, 0.6) is 0 Å². The summed E-state index contributed by atoms with van der Waals surface area (Å²) in [5, 5.41) is 5.89. The number of nitrogens with one attached hydrogen (secondary N) is 2. The molecule has 2 atom stereocenters. The number of rotatable bonds is 1. The average Bonchev–Trinajstić information content (AvgIpc) is 2.64. The lowest BCUT2D eigenvalue weighted by Crippen LogP contribution is -2.47. The normalized spacial score (nSPS) is 25.8. The van der Waals surface area contributed by atoms with Crippen molar-refractivity contribution in [2.75, 3.05) is 0 Å². The minimum absolute atomic E-state index is 0.102. The monoisotopic (exact) mass is 224 g/mol. The highest BCUT2D eigenvalue weighted by atomic mass is 16.2. The quantitative estimate of drug-likeness (QED) is 0.728. The molecule has 2 N–H and O–H groups in total. The Morgan fingerprint density at radius 1 is 1.38 bits per heavy atom. The van der Waals surface area contributed by atoms with Crippen LogP contribution in [0.1, 0.15) is 43.7 Å². The van der Waals surface area contributed by atoms with Crippen LogP contribution in [-0.2, 0) is 0 Å². The van der Waals surface area contributed by atoms with Crippen molar-refractivity contribution in [2.45, 2.75) is 45.2 Å². The zero-order valence-electron chi connectivity index (χ0n) is 9.49. The Labute approximate surface area is 93.0 Å².